The van der Waals surface area contributed by atoms with Crippen molar-refractivity contribution < 1.29 is 17.9 Å². The number of hydrogen-bond acceptors (Lipinski definition) is 5. The van der Waals surface area contributed by atoms with Gasteiger partial charge in [-0.15, -0.1) is 0 Å². The lowest BCUT2D eigenvalue weighted by Gasteiger charge is -2.24. The topological polar surface area (TPSA) is 79.0 Å². The zero-order chi connectivity index (χ0) is 19.5. The highest BCUT2D eigenvalue weighted by molar-refractivity contribution is 7.92. The Bertz CT molecular complexity index is 764. The summed E-state index contributed by atoms with van der Waals surface area (Å²) in [5, 5.41) is 2.98. The Balaban J connectivity index is 2.24. The summed E-state index contributed by atoms with van der Waals surface area (Å²) in [5.41, 5.74) is 1.53. The molecule has 0 aliphatic carbocycles. The van der Waals surface area contributed by atoms with E-state index in [0.717, 1.165) is 37.8 Å². The van der Waals surface area contributed by atoms with Gasteiger partial charge in [-0.3, -0.25) is 14.0 Å². The molecule has 1 N–H and O–H groups in total. The first kappa shape index (κ1) is 20.5. The van der Waals surface area contributed by atoms with Gasteiger partial charge in [-0.25, -0.2) is 8.42 Å². The van der Waals surface area contributed by atoms with Crippen LogP contribution in [0.4, 0.5) is 5.69 Å². The summed E-state index contributed by atoms with van der Waals surface area (Å²) in [6, 6.07) is 3.62. The Morgan fingerprint density at radius 1 is 1.42 bits per heavy atom. The number of carbonyl (C=O) groups excluding carboxylic acids is 1. The predicted molar refractivity (Wildman–Crippen MR) is 104 cm³/mol. The Morgan fingerprint density at radius 3 is 2.69 bits per heavy atom. The monoisotopic (exact) mass is 383 g/mol. The van der Waals surface area contributed by atoms with Crippen LogP contribution in [-0.4, -0.2) is 65.3 Å². The third kappa shape index (κ3) is 4.48. The minimum Gasteiger partial charge on any atom is -0.496 e. The molecule has 146 valence electrons. The van der Waals surface area contributed by atoms with Crippen molar-refractivity contribution in [3.8, 4) is 5.75 Å². The molecule has 0 saturated carbocycles. The van der Waals surface area contributed by atoms with Crippen LogP contribution in [0.1, 0.15) is 35.7 Å². The average Bonchev–Trinajstić information content (AvgIpc) is 3.05. The van der Waals surface area contributed by atoms with Crippen LogP contribution in [0, 0.1) is 6.92 Å². The van der Waals surface area contributed by atoms with E-state index in [0.29, 0.717) is 29.6 Å². The van der Waals surface area contributed by atoms with E-state index in [2.05, 4.69) is 17.1 Å². The molecule has 1 aromatic carbocycles. The highest BCUT2D eigenvalue weighted by atomic mass is 32.2. The van der Waals surface area contributed by atoms with E-state index < -0.39 is 10.0 Å². The van der Waals surface area contributed by atoms with Crippen molar-refractivity contribution in [2.24, 2.45) is 0 Å². The molecule has 1 amide bonds. The first-order valence-electron chi connectivity index (χ1n) is 8.83. The zero-order valence-electron chi connectivity index (χ0n) is 16.2. The molecular weight excluding hydrogens is 354 g/mol. The number of methoxy groups -OCH3 is 1. The lowest BCUT2D eigenvalue weighted by molar-refractivity contribution is 0.0938. The summed E-state index contributed by atoms with van der Waals surface area (Å²) in [6.07, 6.45) is 3.35. The molecule has 2 rings (SSSR count). The molecule has 1 aromatic rings. The van der Waals surface area contributed by atoms with Gasteiger partial charge >= 0.3 is 0 Å². The van der Waals surface area contributed by atoms with Crippen LogP contribution in [0.25, 0.3) is 0 Å². The van der Waals surface area contributed by atoms with Crippen molar-refractivity contribution in [2.45, 2.75) is 32.7 Å². The van der Waals surface area contributed by atoms with Crippen molar-refractivity contribution >= 4 is 21.6 Å². The second-order valence-corrected chi connectivity index (χ2v) is 8.72. The van der Waals surface area contributed by atoms with Gasteiger partial charge < -0.3 is 10.1 Å². The van der Waals surface area contributed by atoms with Crippen LogP contribution in [0.3, 0.4) is 0 Å². The predicted octanol–water partition coefficient (Wildman–Crippen LogP) is 1.61. The molecule has 7 nitrogen and oxygen atoms in total. The third-order valence-electron chi connectivity index (χ3n) is 5.00. The summed E-state index contributed by atoms with van der Waals surface area (Å²) in [4.78, 5) is 15.1. The van der Waals surface area contributed by atoms with Crippen LogP contribution in [0.2, 0.25) is 0 Å². The van der Waals surface area contributed by atoms with Gasteiger partial charge in [-0.1, -0.05) is 6.92 Å². The molecule has 0 aromatic heterocycles. The number of aryl methyl sites for hydroxylation is 1. The number of hydrogen-bond donors (Lipinski definition) is 1. The maximum atomic E-state index is 12.7. The molecule has 1 saturated heterocycles. The number of nitrogens with one attached hydrogen (secondary N) is 1. The first-order valence-corrected chi connectivity index (χ1v) is 10.7. The minimum atomic E-state index is -3.42. The highest BCUT2D eigenvalue weighted by Crippen LogP contribution is 2.30. The molecular formula is C18H29N3O4S. The van der Waals surface area contributed by atoms with Crippen molar-refractivity contribution in [3.05, 3.63) is 23.3 Å². The van der Waals surface area contributed by atoms with E-state index >= 15 is 0 Å². The quantitative estimate of drug-likeness (QED) is 0.774. The fraction of sp³-hybridized carbons (Fsp3) is 0.611. The summed E-state index contributed by atoms with van der Waals surface area (Å²) in [5.74, 6) is 0.178. The minimum absolute atomic E-state index is 0.257. The Kier molecular flexibility index (Phi) is 6.52. The number of likely N-dealkylation sites (tertiary alicyclic amines) is 1. The van der Waals surface area contributed by atoms with E-state index in [1.165, 1.54) is 18.5 Å². The van der Waals surface area contributed by atoms with Gasteiger partial charge in [0.2, 0.25) is 10.0 Å². The second-order valence-electron chi connectivity index (χ2n) is 6.70. The number of likely N-dealkylation sites (N-methyl/N-ethyl adjacent to an activating group) is 1. The largest absolute Gasteiger partial charge is 0.496 e. The third-order valence-corrected chi connectivity index (χ3v) is 6.19. The number of sulfonamides is 1. The van der Waals surface area contributed by atoms with Gasteiger partial charge in [0.15, 0.2) is 0 Å². The van der Waals surface area contributed by atoms with Gasteiger partial charge in [-0.05, 0) is 50.6 Å². The molecule has 0 bridgehead atoms. The molecule has 1 atom stereocenters. The van der Waals surface area contributed by atoms with Gasteiger partial charge in [0.05, 0.1) is 24.6 Å². The van der Waals surface area contributed by atoms with E-state index in [-0.39, 0.29) is 5.91 Å². The lowest BCUT2D eigenvalue weighted by Crippen LogP contribution is -2.40. The number of carbonyl (C=O) groups is 1. The van der Waals surface area contributed by atoms with Gasteiger partial charge in [0.1, 0.15) is 5.75 Å². The van der Waals surface area contributed by atoms with E-state index in [1.807, 2.05) is 0 Å². The number of nitrogens with zero attached hydrogens (tertiary/aromatic N) is 2. The van der Waals surface area contributed by atoms with Crippen molar-refractivity contribution in [1.29, 1.82) is 0 Å². The summed E-state index contributed by atoms with van der Waals surface area (Å²) < 4.78 is 30.3. The average molecular weight is 384 g/mol. The maximum absolute atomic E-state index is 12.7. The molecule has 1 aliphatic rings. The van der Waals surface area contributed by atoms with Crippen LogP contribution in [0.5, 0.6) is 5.75 Å². The first-order chi connectivity index (χ1) is 12.2. The van der Waals surface area contributed by atoms with Gasteiger partial charge in [0.25, 0.3) is 5.91 Å². The van der Waals surface area contributed by atoms with Crippen LogP contribution in [-0.2, 0) is 10.0 Å². The summed E-state index contributed by atoms with van der Waals surface area (Å²) in [7, 11) is -0.445. The van der Waals surface area contributed by atoms with Crippen molar-refractivity contribution in [3.63, 3.8) is 0 Å². The molecule has 1 unspecified atom stereocenters. The molecule has 0 radical (unpaired) electrons. The standard InChI is InChI=1S/C18H29N3O4S/c1-6-21-9-7-8-14(21)12-19-18(22)15-11-16(20(3)26(5,23)24)13(2)10-17(15)25-4/h10-11,14H,6-9,12H2,1-5H3,(H,19,22). The van der Waals surface area contributed by atoms with Crippen molar-refractivity contribution in [1.82, 2.24) is 10.2 Å². The highest BCUT2D eigenvalue weighted by Gasteiger charge is 2.25. The molecule has 1 heterocycles. The molecule has 1 aliphatic heterocycles. The number of ether oxygens (including phenoxy) is 1. The van der Waals surface area contributed by atoms with E-state index in [4.69, 9.17) is 4.74 Å². The molecule has 0 spiro atoms. The molecule has 26 heavy (non-hydrogen) atoms. The van der Waals surface area contributed by atoms with Crippen molar-refractivity contribution in [2.75, 3.05) is 44.4 Å². The summed E-state index contributed by atoms with van der Waals surface area (Å²) >= 11 is 0. The Morgan fingerprint density at radius 2 is 2.12 bits per heavy atom. The van der Waals surface area contributed by atoms with Crippen LogP contribution >= 0.6 is 0 Å². The van der Waals surface area contributed by atoms with E-state index in [1.54, 1.807) is 19.1 Å². The fourth-order valence-electron chi connectivity index (χ4n) is 3.38. The SMILES string of the molecule is CCN1CCCC1CNC(=O)c1cc(N(C)S(C)(=O)=O)c(C)cc1OC. The maximum Gasteiger partial charge on any atom is 0.255 e. The molecule has 8 heteroatoms. The molecule has 1 fully saturated rings. The fourth-order valence-corrected chi connectivity index (χ4v) is 3.94. The number of amides is 1. The number of anilines is 1. The normalized spacial score (nSPS) is 18.0. The zero-order valence-corrected chi connectivity index (χ0v) is 17.0. The smallest absolute Gasteiger partial charge is 0.255 e. The summed E-state index contributed by atoms with van der Waals surface area (Å²) in [6.45, 7) is 6.52. The lowest BCUT2D eigenvalue weighted by atomic mass is 10.1. The van der Waals surface area contributed by atoms with E-state index in [9.17, 15) is 13.2 Å². The van der Waals surface area contributed by atoms with Crippen LogP contribution in [0.15, 0.2) is 12.1 Å². The van der Waals surface area contributed by atoms with Gasteiger partial charge in [0, 0.05) is 19.6 Å². The second kappa shape index (κ2) is 8.26. The number of rotatable bonds is 7. The van der Waals surface area contributed by atoms with Crippen LogP contribution < -0.4 is 14.4 Å². The Hall–Kier alpha value is -1.80. The Labute approximate surface area is 156 Å². The van der Waals surface area contributed by atoms with Gasteiger partial charge in [-0.2, -0.15) is 0 Å². The number of benzene rings is 1.